The minimum atomic E-state index is -0.371. The Morgan fingerprint density at radius 3 is 2.56 bits per heavy atom. The van der Waals surface area contributed by atoms with Gasteiger partial charge in [-0.25, -0.2) is 0 Å². The summed E-state index contributed by atoms with van der Waals surface area (Å²) >= 11 is 0. The Morgan fingerprint density at radius 2 is 2.00 bits per heavy atom. The summed E-state index contributed by atoms with van der Waals surface area (Å²) in [5, 5.41) is 3.87. The summed E-state index contributed by atoms with van der Waals surface area (Å²) in [4.78, 5) is 15.4. The number of nitrogens with zero attached hydrogens (tertiary/aromatic N) is 2. The summed E-state index contributed by atoms with van der Waals surface area (Å²) in [6.07, 6.45) is 0. The second kappa shape index (κ2) is 5.00. The number of hydrogen-bond donors (Lipinski definition) is 0. The third kappa shape index (κ3) is 2.40. The van der Waals surface area contributed by atoms with Crippen LogP contribution in [0.25, 0.3) is 11.4 Å². The highest BCUT2D eigenvalue weighted by Crippen LogP contribution is 2.22. The van der Waals surface area contributed by atoms with Crippen LogP contribution in [0, 0.1) is 0 Å². The number of benzene rings is 1. The summed E-state index contributed by atoms with van der Waals surface area (Å²) in [5.41, 5.74) is 0.821. The lowest BCUT2D eigenvalue weighted by Gasteiger charge is -1.99. The lowest BCUT2D eigenvalue weighted by atomic mass is 10.1. The number of ketones is 1. The van der Waals surface area contributed by atoms with Crippen molar-refractivity contribution < 1.29 is 14.1 Å². The number of ether oxygens (including phenoxy) is 1. The molecule has 2 rings (SSSR count). The zero-order chi connectivity index (χ0) is 13.1. The van der Waals surface area contributed by atoms with Crippen molar-refractivity contribution in [1.82, 2.24) is 10.1 Å². The van der Waals surface area contributed by atoms with Crippen molar-refractivity contribution in [2.75, 3.05) is 7.11 Å². The Bertz CT molecular complexity index is 546. The van der Waals surface area contributed by atoms with Crippen LogP contribution in [0.1, 0.15) is 25.7 Å². The number of carbonyl (C=O) groups is 1. The molecule has 5 nitrogen and oxygen atoms in total. The van der Waals surface area contributed by atoms with Crippen LogP contribution in [0.5, 0.6) is 5.75 Å². The van der Waals surface area contributed by atoms with Gasteiger partial charge < -0.3 is 9.26 Å². The third-order valence-corrected chi connectivity index (χ3v) is 2.77. The van der Waals surface area contributed by atoms with Crippen LogP contribution in [0.3, 0.4) is 0 Å². The fourth-order valence-corrected chi connectivity index (χ4v) is 1.44. The predicted octanol–water partition coefficient (Wildman–Crippen LogP) is 2.44. The molecule has 0 bridgehead atoms. The van der Waals surface area contributed by atoms with Crippen molar-refractivity contribution >= 4 is 5.78 Å². The van der Waals surface area contributed by atoms with Crippen LogP contribution in [0.15, 0.2) is 28.8 Å². The highest BCUT2D eigenvalue weighted by molar-refractivity contribution is 5.81. The summed E-state index contributed by atoms with van der Waals surface area (Å²) in [5.74, 6) is 1.21. The van der Waals surface area contributed by atoms with Crippen LogP contribution in [-0.2, 0) is 4.79 Å². The van der Waals surface area contributed by atoms with E-state index in [0.29, 0.717) is 11.7 Å². The average Bonchev–Trinajstić information content (AvgIpc) is 2.87. The highest BCUT2D eigenvalue weighted by atomic mass is 16.5. The van der Waals surface area contributed by atoms with Crippen LogP contribution < -0.4 is 4.74 Å². The van der Waals surface area contributed by atoms with Crippen molar-refractivity contribution in [2.24, 2.45) is 0 Å². The molecule has 1 unspecified atom stereocenters. The molecule has 0 N–H and O–H groups in total. The van der Waals surface area contributed by atoms with Gasteiger partial charge >= 0.3 is 0 Å². The van der Waals surface area contributed by atoms with Gasteiger partial charge in [-0.15, -0.1) is 0 Å². The first kappa shape index (κ1) is 12.3. The van der Waals surface area contributed by atoms with Crippen molar-refractivity contribution in [3.63, 3.8) is 0 Å². The number of Topliss-reactive ketones (excluding diaryl/α,β-unsaturated/α-hetero) is 1. The molecule has 0 saturated heterocycles. The van der Waals surface area contributed by atoms with Crippen LogP contribution in [0.2, 0.25) is 0 Å². The maximum Gasteiger partial charge on any atom is 0.237 e. The molecule has 0 aliphatic rings. The van der Waals surface area contributed by atoms with E-state index in [0.717, 1.165) is 11.3 Å². The van der Waals surface area contributed by atoms with Crippen molar-refractivity contribution in [3.8, 4) is 17.1 Å². The van der Waals surface area contributed by atoms with E-state index < -0.39 is 0 Å². The van der Waals surface area contributed by atoms with E-state index in [-0.39, 0.29) is 11.7 Å². The van der Waals surface area contributed by atoms with E-state index in [9.17, 15) is 4.79 Å². The number of carbonyl (C=O) groups excluding carboxylic acids is 1. The van der Waals surface area contributed by atoms with Gasteiger partial charge in [-0.2, -0.15) is 4.98 Å². The quantitative estimate of drug-likeness (QED) is 0.829. The van der Waals surface area contributed by atoms with Crippen molar-refractivity contribution in [3.05, 3.63) is 30.2 Å². The topological polar surface area (TPSA) is 65.2 Å². The number of rotatable bonds is 4. The van der Waals surface area contributed by atoms with Crippen LogP contribution in [-0.4, -0.2) is 23.0 Å². The Hall–Kier alpha value is -2.17. The lowest BCUT2D eigenvalue weighted by Crippen LogP contribution is -2.04. The molecule has 1 heterocycles. The SMILES string of the molecule is COc1ccc(-c2noc(C(C)C(C)=O)n2)cc1. The van der Waals surface area contributed by atoms with Gasteiger partial charge in [0.25, 0.3) is 0 Å². The third-order valence-electron chi connectivity index (χ3n) is 2.77. The Labute approximate surface area is 105 Å². The van der Waals surface area contributed by atoms with Gasteiger partial charge in [0.05, 0.1) is 13.0 Å². The highest BCUT2D eigenvalue weighted by Gasteiger charge is 2.18. The first-order valence-electron chi connectivity index (χ1n) is 5.60. The molecule has 1 atom stereocenters. The van der Waals surface area contributed by atoms with Crippen molar-refractivity contribution in [2.45, 2.75) is 19.8 Å². The van der Waals surface area contributed by atoms with Gasteiger partial charge in [0.1, 0.15) is 11.5 Å². The number of aromatic nitrogens is 2. The van der Waals surface area contributed by atoms with Gasteiger partial charge in [-0.05, 0) is 38.1 Å². The molecule has 2 aromatic rings. The van der Waals surface area contributed by atoms with Crippen LogP contribution >= 0.6 is 0 Å². The maximum absolute atomic E-state index is 11.2. The second-order valence-corrected chi connectivity index (χ2v) is 4.02. The van der Waals surface area contributed by atoms with E-state index in [2.05, 4.69) is 10.1 Å². The molecule has 0 fully saturated rings. The molecule has 18 heavy (non-hydrogen) atoms. The molecule has 0 aliphatic heterocycles. The van der Waals surface area contributed by atoms with Gasteiger partial charge in [0.15, 0.2) is 0 Å². The van der Waals surface area contributed by atoms with Gasteiger partial charge in [0.2, 0.25) is 11.7 Å². The van der Waals surface area contributed by atoms with Gasteiger partial charge in [-0.3, -0.25) is 4.79 Å². The monoisotopic (exact) mass is 246 g/mol. The molecule has 0 aliphatic carbocycles. The summed E-state index contributed by atoms with van der Waals surface area (Å²) in [7, 11) is 1.61. The minimum absolute atomic E-state index is 0.0000640. The average molecular weight is 246 g/mol. The van der Waals surface area contributed by atoms with E-state index in [1.54, 1.807) is 14.0 Å². The Balaban J connectivity index is 2.26. The largest absolute Gasteiger partial charge is 0.497 e. The molecule has 0 amide bonds. The predicted molar refractivity (Wildman–Crippen MR) is 65.4 cm³/mol. The summed E-state index contributed by atoms with van der Waals surface area (Å²) < 4.78 is 10.2. The summed E-state index contributed by atoms with van der Waals surface area (Å²) in [6, 6.07) is 7.32. The zero-order valence-corrected chi connectivity index (χ0v) is 10.5. The fourth-order valence-electron chi connectivity index (χ4n) is 1.44. The molecular weight excluding hydrogens is 232 g/mol. The first-order valence-corrected chi connectivity index (χ1v) is 5.60. The normalized spacial score (nSPS) is 12.2. The standard InChI is InChI=1S/C13H14N2O3/c1-8(9(2)16)13-14-12(15-18-13)10-4-6-11(17-3)7-5-10/h4-8H,1-3H3. The van der Waals surface area contributed by atoms with E-state index >= 15 is 0 Å². The first-order chi connectivity index (χ1) is 8.61. The molecule has 0 spiro atoms. The molecule has 5 heteroatoms. The lowest BCUT2D eigenvalue weighted by molar-refractivity contribution is -0.118. The molecule has 0 radical (unpaired) electrons. The van der Waals surface area contributed by atoms with E-state index in [1.807, 2.05) is 24.3 Å². The van der Waals surface area contributed by atoms with Crippen molar-refractivity contribution in [1.29, 1.82) is 0 Å². The zero-order valence-electron chi connectivity index (χ0n) is 10.5. The minimum Gasteiger partial charge on any atom is -0.497 e. The molecule has 1 aromatic carbocycles. The number of methoxy groups -OCH3 is 1. The van der Waals surface area contributed by atoms with Gasteiger partial charge in [-0.1, -0.05) is 5.16 Å². The van der Waals surface area contributed by atoms with E-state index in [1.165, 1.54) is 6.92 Å². The second-order valence-electron chi connectivity index (χ2n) is 4.02. The number of hydrogen-bond acceptors (Lipinski definition) is 5. The molecule has 1 aromatic heterocycles. The Morgan fingerprint density at radius 1 is 1.33 bits per heavy atom. The van der Waals surface area contributed by atoms with Gasteiger partial charge in [0, 0.05) is 5.56 Å². The maximum atomic E-state index is 11.2. The molecule has 94 valence electrons. The molecule has 0 saturated carbocycles. The molecular formula is C13H14N2O3. The van der Waals surface area contributed by atoms with E-state index in [4.69, 9.17) is 9.26 Å². The summed E-state index contributed by atoms with van der Waals surface area (Å²) in [6.45, 7) is 3.25. The van der Waals surface area contributed by atoms with Crippen LogP contribution in [0.4, 0.5) is 0 Å². The Kier molecular flexibility index (Phi) is 3.41. The smallest absolute Gasteiger partial charge is 0.237 e. The fraction of sp³-hybridized carbons (Fsp3) is 0.308.